The molecular weight excluding hydrogens is 332 g/mol. The van der Waals surface area contributed by atoms with Gasteiger partial charge in [-0.3, -0.25) is 14.6 Å². The Morgan fingerprint density at radius 1 is 1.04 bits per heavy atom. The number of hydrogen-bond acceptors (Lipinski definition) is 4. The van der Waals surface area contributed by atoms with Crippen molar-refractivity contribution in [2.75, 3.05) is 28.2 Å². The van der Waals surface area contributed by atoms with Crippen molar-refractivity contribution in [3.8, 4) is 0 Å². The van der Waals surface area contributed by atoms with E-state index in [-0.39, 0.29) is 11.9 Å². The van der Waals surface area contributed by atoms with E-state index in [2.05, 4.69) is 10.3 Å². The number of hydrogen-bond donors (Lipinski definition) is 1. The number of benzene rings is 1. The molecule has 1 aromatic carbocycles. The van der Waals surface area contributed by atoms with E-state index in [0.717, 1.165) is 5.69 Å². The van der Waals surface area contributed by atoms with Crippen LogP contribution in [0, 0.1) is 0 Å². The molecule has 0 radical (unpaired) electrons. The monoisotopic (exact) mass is 348 g/mol. The highest BCUT2D eigenvalue weighted by molar-refractivity contribution is 6.06. The number of pyridine rings is 1. The van der Waals surface area contributed by atoms with Crippen LogP contribution < -0.4 is 15.1 Å². The quantitative estimate of drug-likeness (QED) is 0.784. The summed E-state index contributed by atoms with van der Waals surface area (Å²) >= 11 is 0. The molecule has 3 aromatic rings. The Bertz CT molecular complexity index is 908. The van der Waals surface area contributed by atoms with Gasteiger partial charge in [-0.1, -0.05) is 18.2 Å². The number of amides is 3. The van der Waals surface area contributed by atoms with Crippen LogP contribution in [0.25, 0.3) is 0 Å². The summed E-state index contributed by atoms with van der Waals surface area (Å²) in [6, 6.07) is 14.4. The first-order valence-corrected chi connectivity index (χ1v) is 8.16. The van der Waals surface area contributed by atoms with Crippen LogP contribution in [-0.2, 0) is 0 Å². The second-order valence-electron chi connectivity index (χ2n) is 5.79. The van der Waals surface area contributed by atoms with Crippen LogP contribution in [0.3, 0.4) is 0 Å². The predicted molar refractivity (Wildman–Crippen MR) is 97.4 cm³/mol. The molecule has 1 saturated heterocycles. The van der Waals surface area contributed by atoms with Gasteiger partial charge in [0.05, 0.1) is 23.7 Å². The van der Waals surface area contributed by atoms with Crippen molar-refractivity contribution in [2.24, 2.45) is 0 Å². The second-order valence-corrected chi connectivity index (χ2v) is 5.79. The molecule has 1 fully saturated rings. The minimum absolute atomic E-state index is 0.112. The smallest absolute Gasteiger partial charge is 0.330 e. The van der Waals surface area contributed by atoms with Gasteiger partial charge in [-0.2, -0.15) is 0 Å². The van der Waals surface area contributed by atoms with Crippen molar-refractivity contribution < 1.29 is 14.0 Å². The molecule has 26 heavy (non-hydrogen) atoms. The van der Waals surface area contributed by atoms with Gasteiger partial charge in [0, 0.05) is 18.8 Å². The lowest BCUT2D eigenvalue weighted by Gasteiger charge is -2.18. The molecule has 0 bridgehead atoms. The number of nitrogens with one attached hydrogen (secondary N) is 1. The summed E-state index contributed by atoms with van der Waals surface area (Å²) in [5.41, 5.74) is 1.85. The van der Waals surface area contributed by atoms with Crippen LogP contribution in [0.5, 0.6) is 0 Å². The molecule has 130 valence electrons. The molecule has 0 spiro atoms. The molecule has 7 heteroatoms. The van der Waals surface area contributed by atoms with E-state index in [1.807, 2.05) is 30.3 Å². The number of furan rings is 1. The second kappa shape index (κ2) is 6.72. The van der Waals surface area contributed by atoms with E-state index in [9.17, 15) is 9.59 Å². The fourth-order valence-electron chi connectivity index (χ4n) is 2.81. The zero-order valence-corrected chi connectivity index (χ0v) is 13.8. The van der Waals surface area contributed by atoms with Crippen molar-refractivity contribution in [1.29, 1.82) is 0 Å². The molecule has 7 nitrogen and oxygen atoms in total. The predicted octanol–water partition coefficient (Wildman–Crippen LogP) is 3.37. The Hall–Kier alpha value is -3.61. The molecule has 4 rings (SSSR count). The van der Waals surface area contributed by atoms with Crippen LogP contribution in [0.4, 0.5) is 22.0 Å². The van der Waals surface area contributed by atoms with Gasteiger partial charge in [0.2, 0.25) is 0 Å². The number of urea groups is 1. The number of rotatable bonds is 4. The van der Waals surface area contributed by atoms with Gasteiger partial charge in [0.1, 0.15) is 12.1 Å². The molecule has 0 saturated carbocycles. The van der Waals surface area contributed by atoms with Crippen LogP contribution in [0.2, 0.25) is 0 Å². The van der Waals surface area contributed by atoms with Gasteiger partial charge in [-0.15, -0.1) is 0 Å². The standard InChI is InChI=1S/C19H16N4O3/c24-18(14-8-11-26-13-14)21-15-6-7-17(20-12-15)23-10-9-22(19(23)25)16-4-2-1-3-5-16/h1-8,11-13H,9-10H2,(H,21,24). The number of carbonyl (C=O) groups is 2. The maximum Gasteiger partial charge on any atom is 0.330 e. The molecule has 0 unspecified atom stereocenters. The Balaban J connectivity index is 1.46. The summed E-state index contributed by atoms with van der Waals surface area (Å²) in [7, 11) is 0. The third-order valence-corrected chi connectivity index (χ3v) is 4.14. The lowest BCUT2D eigenvalue weighted by Crippen LogP contribution is -2.32. The zero-order valence-electron chi connectivity index (χ0n) is 13.8. The molecule has 1 aliphatic heterocycles. The molecular formula is C19H16N4O3. The average Bonchev–Trinajstić information content (AvgIpc) is 3.33. The van der Waals surface area contributed by atoms with E-state index < -0.39 is 0 Å². The number of anilines is 3. The molecule has 1 N–H and O–H groups in total. The van der Waals surface area contributed by atoms with Gasteiger partial charge in [-0.25, -0.2) is 9.78 Å². The van der Waals surface area contributed by atoms with Crippen molar-refractivity contribution in [2.45, 2.75) is 0 Å². The lowest BCUT2D eigenvalue weighted by atomic mass is 10.3. The summed E-state index contributed by atoms with van der Waals surface area (Å²) in [5.74, 6) is 0.274. The molecule has 2 aromatic heterocycles. The van der Waals surface area contributed by atoms with Crippen molar-refractivity contribution in [3.05, 3.63) is 72.8 Å². The number of carbonyl (C=O) groups excluding carboxylic acids is 2. The molecule has 0 aliphatic carbocycles. The highest BCUT2D eigenvalue weighted by Gasteiger charge is 2.31. The minimum atomic E-state index is -0.277. The third-order valence-electron chi connectivity index (χ3n) is 4.14. The van der Waals surface area contributed by atoms with Gasteiger partial charge in [0.25, 0.3) is 5.91 Å². The topological polar surface area (TPSA) is 78.7 Å². The molecule has 0 atom stereocenters. The number of nitrogens with zero attached hydrogens (tertiary/aromatic N) is 3. The average molecular weight is 348 g/mol. The minimum Gasteiger partial charge on any atom is -0.472 e. The first kappa shape index (κ1) is 15.9. The Labute approximate surface area is 149 Å². The lowest BCUT2D eigenvalue weighted by molar-refractivity contribution is 0.102. The Morgan fingerprint density at radius 2 is 1.85 bits per heavy atom. The van der Waals surface area contributed by atoms with Crippen molar-refractivity contribution >= 4 is 29.1 Å². The first-order valence-electron chi connectivity index (χ1n) is 8.16. The van der Waals surface area contributed by atoms with Crippen molar-refractivity contribution in [3.63, 3.8) is 0 Å². The largest absolute Gasteiger partial charge is 0.472 e. The fraction of sp³-hybridized carbons (Fsp3) is 0.105. The van der Waals surface area contributed by atoms with Gasteiger partial charge < -0.3 is 9.73 Å². The summed E-state index contributed by atoms with van der Waals surface area (Å²) < 4.78 is 4.89. The van der Waals surface area contributed by atoms with E-state index in [4.69, 9.17) is 4.42 Å². The summed E-state index contributed by atoms with van der Waals surface area (Å²) in [6.07, 6.45) is 4.34. The Morgan fingerprint density at radius 3 is 2.54 bits per heavy atom. The van der Waals surface area contributed by atoms with Gasteiger partial charge in [0.15, 0.2) is 0 Å². The van der Waals surface area contributed by atoms with Crippen LogP contribution in [0.15, 0.2) is 71.7 Å². The van der Waals surface area contributed by atoms with E-state index >= 15 is 0 Å². The number of aromatic nitrogens is 1. The van der Waals surface area contributed by atoms with Crippen LogP contribution in [0.1, 0.15) is 10.4 Å². The first-order chi connectivity index (χ1) is 12.7. The zero-order chi connectivity index (χ0) is 17.9. The highest BCUT2D eigenvalue weighted by Crippen LogP contribution is 2.24. The van der Waals surface area contributed by atoms with E-state index in [0.29, 0.717) is 30.2 Å². The van der Waals surface area contributed by atoms with Crippen LogP contribution in [-0.4, -0.2) is 30.0 Å². The van der Waals surface area contributed by atoms with E-state index in [1.165, 1.54) is 18.7 Å². The number of para-hydroxylation sites is 1. The summed E-state index contributed by atoms with van der Waals surface area (Å²) in [5, 5.41) is 2.73. The summed E-state index contributed by atoms with van der Waals surface area (Å²) in [4.78, 5) is 32.3. The normalized spacial score (nSPS) is 13.9. The third kappa shape index (κ3) is 3.02. The van der Waals surface area contributed by atoms with E-state index in [1.54, 1.807) is 28.0 Å². The maximum atomic E-state index is 12.7. The van der Waals surface area contributed by atoms with Crippen molar-refractivity contribution in [1.82, 2.24) is 4.98 Å². The summed E-state index contributed by atoms with van der Waals surface area (Å²) in [6.45, 7) is 1.16. The SMILES string of the molecule is O=C(Nc1ccc(N2CCN(c3ccccc3)C2=O)nc1)c1ccoc1. The highest BCUT2D eigenvalue weighted by atomic mass is 16.3. The molecule has 3 heterocycles. The fourth-order valence-corrected chi connectivity index (χ4v) is 2.81. The molecule has 3 amide bonds. The van der Waals surface area contributed by atoms with Crippen LogP contribution >= 0.6 is 0 Å². The molecule has 1 aliphatic rings. The van der Waals surface area contributed by atoms with Gasteiger partial charge >= 0.3 is 6.03 Å². The Kier molecular flexibility index (Phi) is 4.10. The maximum absolute atomic E-state index is 12.7. The van der Waals surface area contributed by atoms with Gasteiger partial charge in [-0.05, 0) is 30.3 Å².